The summed E-state index contributed by atoms with van der Waals surface area (Å²) in [5.41, 5.74) is 0. The van der Waals surface area contributed by atoms with E-state index in [-0.39, 0.29) is 6.04 Å². The van der Waals surface area contributed by atoms with Crippen molar-refractivity contribution in [1.29, 1.82) is 0 Å². The van der Waals surface area contributed by atoms with E-state index in [9.17, 15) is 0 Å². The van der Waals surface area contributed by atoms with Crippen LogP contribution in [0.5, 0.6) is 0 Å². The summed E-state index contributed by atoms with van der Waals surface area (Å²) in [5, 5.41) is 14.2. The second kappa shape index (κ2) is 3.44. The van der Waals surface area contributed by atoms with E-state index in [1.54, 1.807) is 24.1 Å². The van der Waals surface area contributed by atoms with E-state index in [2.05, 4.69) is 30.8 Å². The van der Waals surface area contributed by atoms with Crippen LogP contribution in [0.1, 0.15) is 18.8 Å². The van der Waals surface area contributed by atoms with Crippen molar-refractivity contribution in [2.75, 3.05) is 5.32 Å². The normalized spacial score (nSPS) is 12.7. The molecule has 2 N–H and O–H groups in total. The number of anilines is 1. The van der Waals surface area contributed by atoms with Crippen molar-refractivity contribution >= 4 is 5.95 Å². The minimum atomic E-state index is 0.0506. The number of aryl methyl sites for hydroxylation is 1. The Hall–Kier alpha value is -1.92. The predicted molar refractivity (Wildman–Crippen MR) is 49.4 cm³/mol. The molecule has 0 aliphatic rings. The molecule has 0 bridgehead atoms. The number of H-pyrrole nitrogens is 1. The van der Waals surface area contributed by atoms with Gasteiger partial charge in [-0.1, -0.05) is 5.10 Å². The van der Waals surface area contributed by atoms with E-state index in [0.29, 0.717) is 5.95 Å². The second-order valence-electron chi connectivity index (χ2n) is 2.97. The SMILES string of the molecule is CC(Nc1nnnn1C)c1ncc[nH]1. The molecule has 0 amide bonds. The first-order valence-corrected chi connectivity index (χ1v) is 4.25. The zero-order valence-corrected chi connectivity index (χ0v) is 7.97. The molecule has 74 valence electrons. The number of aromatic nitrogens is 6. The summed E-state index contributed by atoms with van der Waals surface area (Å²) in [7, 11) is 1.77. The van der Waals surface area contributed by atoms with E-state index >= 15 is 0 Å². The van der Waals surface area contributed by atoms with E-state index < -0.39 is 0 Å². The summed E-state index contributed by atoms with van der Waals surface area (Å²) in [6, 6.07) is 0.0506. The molecular weight excluding hydrogens is 182 g/mol. The number of hydrogen-bond donors (Lipinski definition) is 2. The van der Waals surface area contributed by atoms with Gasteiger partial charge in [0.2, 0.25) is 5.95 Å². The maximum absolute atomic E-state index is 4.13. The van der Waals surface area contributed by atoms with Gasteiger partial charge in [-0.15, -0.1) is 0 Å². The van der Waals surface area contributed by atoms with Crippen molar-refractivity contribution in [1.82, 2.24) is 30.2 Å². The fourth-order valence-corrected chi connectivity index (χ4v) is 1.13. The maximum Gasteiger partial charge on any atom is 0.243 e. The first-order chi connectivity index (χ1) is 6.77. The second-order valence-corrected chi connectivity index (χ2v) is 2.97. The topological polar surface area (TPSA) is 84.3 Å². The van der Waals surface area contributed by atoms with Crippen LogP contribution >= 0.6 is 0 Å². The van der Waals surface area contributed by atoms with Gasteiger partial charge < -0.3 is 10.3 Å². The monoisotopic (exact) mass is 193 g/mol. The van der Waals surface area contributed by atoms with Crippen LogP contribution in [0.4, 0.5) is 5.95 Å². The molecule has 0 aromatic carbocycles. The van der Waals surface area contributed by atoms with E-state index in [1.807, 2.05) is 6.92 Å². The van der Waals surface area contributed by atoms with Crippen LogP contribution in [-0.2, 0) is 7.05 Å². The summed E-state index contributed by atoms with van der Waals surface area (Å²) < 4.78 is 1.57. The molecule has 0 radical (unpaired) electrons. The molecule has 0 spiro atoms. The van der Waals surface area contributed by atoms with Crippen LogP contribution in [0, 0.1) is 0 Å². The summed E-state index contributed by atoms with van der Waals surface area (Å²) in [4.78, 5) is 7.15. The fraction of sp³-hybridized carbons (Fsp3) is 0.429. The Morgan fingerprint density at radius 1 is 1.57 bits per heavy atom. The zero-order chi connectivity index (χ0) is 9.97. The molecule has 0 aliphatic heterocycles. The Morgan fingerprint density at radius 3 is 3.00 bits per heavy atom. The van der Waals surface area contributed by atoms with Gasteiger partial charge in [0.25, 0.3) is 0 Å². The van der Waals surface area contributed by atoms with E-state index in [1.165, 1.54) is 0 Å². The highest BCUT2D eigenvalue weighted by molar-refractivity contribution is 5.24. The molecule has 0 saturated heterocycles. The Kier molecular flexibility index (Phi) is 2.13. The third-order valence-electron chi connectivity index (χ3n) is 1.90. The van der Waals surface area contributed by atoms with Gasteiger partial charge in [0.05, 0.1) is 6.04 Å². The average molecular weight is 193 g/mol. The number of aromatic amines is 1. The summed E-state index contributed by atoms with van der Waals surface area (Å²) in [6.45, 7) is 1.98. The summed E-state index contributed by atoms with van der Waals surface area (Å²) >= 11 is 0. The van der Waals surface area contributed by atoms with Crippen LogP contribution in [0.15, 0.2) is 12.4 Å². The maximum atomic E-state index is 4.13. The molecule has 0 fully saturated rings. The Labute approximate surface area is 80.5 Å². The zero-order valence-electron chi connectivity index (χ0n) is 7.97. The van der Waals surface area contributed by atoms with E-state index in [4.69, 9.17) is 0 Å². The minimum Gasteiger partial charge on any atom is -0.347 e. The molecule has 1 atom stereocenters. The van der Waals surface area contributed by atoms with Crippen molar-refractivity contribution < 1.29 is 0 Å². The van der Waals surface area contributed by atoms with Crippen molar-refractivity contribution in [2.45, 2.75) is 13.0 Å². The lowest BCUT2D eigenvalue weighted by molar-refractivity contribution is 0.701. The third kappa shape index (κ3) is 1.56. The van der Waals surface area contributed by atoms with Gasteiger partial charge in [0.1, 0.15) is 5.82 Å². The van der Waals surface area contributed by atoms with Crippen molar-refractivity contribution in [2.24, 2.45) is 7.05 Å². The first kappa shape index (κ1) is 8.67. The van der Waals surface area contributed by atoms with Crippen LogP contribution in [-0.4, -0.2) is 30.2 Å². The Balaban J connectivity index is 2.09. The molecule has 7 nitrogen and oxygen atoms in total. The molecule has 2 heterocycles. The minimum absolute atomic E-state index is 0.0506. The van der Waals surface area contributed by atoms with Gasteiger partial charge in [-0.25, -0.2) is 9.67 Å². The molecule has 1 unspecified atom stereocenters. The molecule has 14 heavy (non-hydrogen) atoms. The van der Waals surface area contributed by atoms with Gasteiger partial charge in [-0.2, -0.15) is 0 Å². The quantitative estimate of drug-likeness (QED) is 0.722. The standard InChI is InChI=1S/C7H11N7/c1-5(6-8-3-4-9-6)10-7-11-12-13-14(7)2/h3-5H,1-2H3,(H,8,9)(H,10,11,13). The van der Waals surface area contributed by atoms with Gasteiger partial charge >= 0.3 is 0 Å². The number of nitrogens with one attached hydrogen (secondary N) is 2. The van der Waals surface area contributed by atoms with Crippen molar-refractivity contribution in [3.63, 3.8) is 0 Å². The number of hydrogen-bond acceptors (Lipinski definition) is 5. The molecule has 0 saturated carbocycles. The van der Waals surface area contributed by atoms with Gasteiger partial charge in [-0.05, 0) is 17.4 Å². The number of tetrazole rings is 1. The lowest BCUT2D eigenvalue weighted by Gasteiger charge is -2.10. The summed E-state index contributed by atoms with van der Waals surface area (Å²) in [5.74, 6) is 1.47. The predicted octanol–water partition coefficient (Wildman–Crippen LogP) is 0.106. The molecule has 2 aromatic rings. The highest BCUT2D eigenvalue weighted by atomic mass is 15.6. The molecule has 2 aromatic heterocycles. The highest BCUT2D eigenvalue weighted by Gasteiger charge is 2.10. The van der Waals surface area contributed by atoms with Crippen LogP contribution < -0.4 is 5.32 Å². The van der Waals surface area contributed by atoms with E-state index in [0.717, 1.165) is 5.82 Å². The number of nitrogens with zero attached hydrogens (tertiary/aromatic N) is 5. The van der Waals surface area contributed by atoms with Crippen LogP contribution in [0.25, 0.3) is 0 Å². The first-order valence-electron chi connectivity index (χ1n) is 4.25. The van der Waals surface area contributed by atoms with Crippen molar-refractivity contribution in [3.05, 3.63) is 18.2 Å². The molecule has 0 aliphatic carbocycles. The lowest BCUT2D eigenvalue weighted by atomic mass is 10.3. The number of imidazole rings is 1. The van der Waals surface area contributed by atoms with Gasteiger partial charge in [0, 0.05) is 19.4 Å². The lowest BCUT2D eigenvalue weighted by Crippen LogP contribution is -2.12. The van der Waals surface area contributed by atoms with Gasteiger partial charge in [0.15, 0.2) is 0 Å². The molecule has 7 heteroatoms. The number of rotatable bonds is 3. The van der Waals surface area contributed by atoms with Gasteiger partial charge in [-0.3, -0.25) is 0 Å². The summed E-state index contributed by atoms with van der Waals surface area (Å²) in [6.07, 6.45) is 3.49. The highest BCUT2D eigenvalue weighted by Crippen LogP contribution is 2.11. The Bertz CT molecular complexity index is 390. The molecule has 2 rings (SSSR count). The van der Waals surface area contributed by atoms with Crippen molar-refractivity contribution in [3.8, 4) is 0 Å². The third-order valence-corrected chi connectivity index (χ3v) is 1.90. The average Bonchev–Trinajstić information content (AvgIpc) is 2.77. The molecular formula is C7H11N7. The fourth-order valence-electron chi connectivity index (χ4n) is 1.13. The van der Waals surface area contributed by atoms with Crippen LogP contribution in [0.3, 0.4) is 0 Å². The Morgan fingerprint density at radius 2 is 2.43 bits per heavy atom. The van der Waals surface area contributed by atoms with Crippen LogP contribution in [0.2, 0.25) is 0 Å². The largest absolute Gasteiger partial charge is 0.347 e. The smallest absolute Gasteiger partial charge is 0.243 e.